The Balaban J connectivity index is 2.13. The molecule has 1 fully saturated rings. The molecule has 2 unspecified atom stereocenters. The summed E-state index contributed by atoms with van der Waals surface area (Å²) in [6, 6.07) is 5.34. The van der Waals surface area contributed by atoms with Gasteiger partial charge >= 0.3 is 0 Å². The maximum atomic E-state index is 12.3. The minimum absolute atomic E-state index is 0.147. The van der Waals surface area contributed by atoms with Gasteiger partial charge in [-0.3, -0.25) is 9.00 Å². The van der Waals surface area contributed by atoms with Crippen LogP contribution in [-0.2, 0) is 15.6 Å². The van der Waals surface area contributed by atoms with Gasteiger partial charge in [-0.1, -0.05) is 25.3 Å². The number of nitrogens with zero attached hydrogens (tertiary/aromatic N) is 1. The summed E-state index contributed by atoms with van der Waals surface area (Å²) < 4.78 is 12.3. The Bertz CT molecular complexity index is 405. The topological polar surface area (TPSA) is 47.0 Å². The van der Waals surface area contributed by atoms with Crippen molar-refractivity contribution in [1.29, 1.82) is 0 Å². The fourth-order valence-corrected chi connectivity index (χ4v) is 3.55. The largest absolute Gasteiger partial charge is 0.298 e. The number of carbonyl (C=O) groups excluding carboxylic acids is 1. The van der Waals surface area contributed by atoms with E-state index in [-0.39, 0.29) is 11.0 Å². The van der Waals surface area contributed by atoms with Crippen molar-refractivity contribution in [1.82, 2.24) is 4.98 Å². The van der Waals surface area contributed by atoms with Crippen LogP contribution in [0.5, 0.6) is 0 Å². The predicted octanol–water partition coefficient (Wildman–Crippen LogP) is 2.48. The number of ketones is 1. The third kappa shape index (κ3) is 3.22. The van der Waals surface area contributed by atoms with Gasteiger partial charge in [0.25, 0.3) is 0 Å². The second kappa shape index (κ2) is 6.05. The van der Waals surface area contributed by atoms with Crippen LogP contribution in [0.2, 0.25) is 0 Å². The lowest BCUT2D eigenvalue weighted by Gasteiger charge is -2.17. The third-order valence-electron chi connectivity index (χ3n) is 3.10. The summed E-state index contributed by atoms with van der Waals surface area (Å²) in [6.45, 7) is 0. The Labute approximate surface area is 104 Å². The summed E-state index contributed by atoms with van der Waals surface area (Å²) in [5.74, 6) is 0.147. The van der Waals surface area contributed by atoms with E-state index in [4.69, 9.17) is 0 Å². The van der Waals surface area contributed by atoms with Crippen LogP contribution in [0.4, 0.5) is 0 Å². The number of hydrogen-bond acceptors (Lipinski definition) is 3. The Morgan fingerprint density at radius 2 is 2.00 bits per heavy atom. The molecule has 0 radical (unpaired) electrons. The van der Waals surface area contributed by atoms with Gasteiger partial charge in [0.15, 0.2) is 0 Å². The molecule has 0 saturated heterocycles. The van der Waals surface area contributed by atoms with Crippen LogP contribution >= 0.6 is 0 Å². The summed E-state index contributed by atoms with van der Waals surface area (Å²) in [6.07, 6.45) is 7.13. The number of pyridine rings is 1. The van der Waals surface area contributed by atoms with Crippen LogP contribution in [0.3, 0.4) is 0 Å². The summed E-state index contributed by atoms with van der Waals surface area (Å²) >= 11 is 0. The monoisotopic (exact) mass is 251 g/mol. The summed E-state index contributed by atoms with van der Waals surface area (Å²) in [4.78, 5) is 16.1. The van der Waals surface area contributed by atoms with Gasteiger partial charge in [0.05, 0.1) is 16.0 Å². The van der Waals surface area contributed by atoms with Crippen molar-refractivity contribution >= 4 is 16.6 Å². The average Bonchev–Trinajstić information content (AvgIpc) is 2.35. The maximum absolute atomic E-state index is 12.3. The van der Waals surface area contributed by atoms with Crippen molar-refractivity contribution in [2.24, 2.45) is 0 Å². The molecule has 1 saturated carbocycles. The molecular formula is C13H17NO2S. The molecule has 17 heavy (non-hydrogen) atoms. The minimum atomic E-state index is -1.28. The molecule has 1 aromatic heterocycles. The molecule has 0 bridgehead atoms. The highest BCUT2D eigenvalue weighted by molar-refractivity contribution is 7.86. The van der Waals surface area contributed by atoms with E-state index in [0.717, 1.165) is 32.1 Å². The first-order valence-corrected chi connectivity index (χ1v) is 7.34. The van der Waals surface area contributed by atoms with E-state index < -0.39 is 10.8 Å². The number of carbonyl (C=O) groups is 1. The molecule has 0 N–H and O–H groups in total. The van der Waals surface area contributed by atoms with E-state index in [1.165, 1.54) is 0 Å². The van der Waals surface area contributed by atoms with Crippen LogP contribution in [-0.4, -0.2) is 20.2 Å². The molecule has 1 aliphatic carbocycles. The van der Waals surface area contributed by atoms with E-state index >= 15 is 0 Å². The molecule has 2 rings (SSSR count). The predicted molar refractivity (Wildman–Crippen MR) is 67.1 cm³/mol. The van der Waals surface area contributed by atoms with E-state index in [1.807, 2.05) is 6.07 Å². The maximum Gasteiger partial charge on any atom is 0.148 e. The molecule has 0 spiro atoms. The zero-order valence-corrected chi connectivity index (χ0v) is 10.6. The Morgan fingerprint density at radius 1 is 1.18 bits per heavy atom. The summed E-state index contributed by atoms with van der Waals surface area (Å²) in [5, 5.41) is 0.191. The molecule has 1 heterocycles. The van der Waals surface area contributed by atoms with Crippen LogP contribution < -0.4 is 0 Å². The highest BCUT2D eigenvalue weighted by atomic mass is 32.2. The third-order valence-corrected chi connectivity index (χ3v) is 4.77. The Kier molecular flexibility index (Phi) is 4.42. The van der Waals surface area contributed by atoms with E-state index in [0.29, 0.717) is 11.4 Å². The standard InChI is InChI=1S/C13H17NO2S/c15-11-7-3-1-2-4-8-12(11)17(16)13-9-5-6-10-14-13/h5-6,9-10,12H,1-4,7-8H2. The first-order chi connectivity index (χ1) is 8.29. The number of Topliss-reactive ketones (excluding diaryl/α,β-unsaturated/α-hetero) is 1. The fourth-order valence-electron chi connectivity index (χ4n) is 2.14. The molecule has 0 amide bonds. The number of hydrogen-bond donors (Lipinski definition) is 0. The van der Waals surface area contributed by atoms with Crippen LogP contribution in [0.25, 0.3) is 0 Å². The van der Waals surface area contributed by atoms with E-state index in [9.17, 15) is 9.00 Å². The van der Waals surface area contributed by atoms with Crippen LogP contribution in [0, 0.1) is 0 Å². The van der Waals surface area contributed by atoms with Crippen molar-refractivity contribution in [3.8, 4) is 0 Å². The highest BCUT2D eigenvalue weighted by Crippen LogP contribution is 2.21. The molecule has 0 aromatic carbocycles. The van der Waals surface area contributed by atoms with Crippen molar-refractivity contribution in [2.75, 3.05) is 0 Å². The Morgan fingerprint density at radius 3 is 2.76 bits per heavy atom. The molecule has 1 aliphatic rings. The lowest BCUT2D eigenvalue weighted by Crippen LogP contribution is -2.27. The smallest absolute Gasteiger partial charge is 0.148 e. The highest BCUT2D eigenvalue weighted by Gasteiger charge is 2.27. The Hall–Kier alpha value is -1.03. The minimum Gasteiger partial charge on any atom is -0.298 e. The normalized spacial score (nSPS) is 23.8. The summed E-state index contributed by atoms with van der Waals surface area (Å²) in [7, 11) is -1.28. The van der Waals surface area contributed by atoms with Crippen LogP contribution in [0.15, 0.2) is 29.4 Å². The summed E-state index contributed by atoms with van der Waals surface area (Å²) in [5.41, 5.74) is 0. The number of aromatic nitrogens is 1. The van der Waals surface area contributed by atoms with Gasteiger partial charge in [-0.05, 0) is 25.0 Å². The zero-order chi connectivity index (χ0) is 12.1. The van der Waals surface area contributed by atoms with E-state index in [1.54, 1.807) is 18.3 Å². The average molecular weight is 251 g/mol. The lowest BCUT2D eigenvalue weighted by atomic mass is 9.99. The van der Waals surface area contributed by atoms with E-state index in [2.05, 4.69) is 4.98 Å². The number of rotatable bonds is 2. The van der Waals surface area contributed by atoms with Gasteiger partial charge < -0.3 is 0 Å². The second-order valence-corrected chi connectivity index (χ2v) is 5.96. The second-order valence-electron chi connectivity index (χ2n) is 4.37. The molecule has 2 atom stereocenters. The molecular weight excluding hydrogens is 234 g/mol. The quantitative estimate of drug-likeness (QED) is 0.811. The van der Waals surface area contributed by atoms with Crippen molar-refractivity contribution in [3.05, 3.63) is 24.4 Å². The van der Waals surface area contributed by atoms with Crippen molar-refractivity contribution in [2.45, 2.75) is 48.8 Å². The van der Waals surface area contributed by atoms with Crippen molar-refractivity contribution < 1.29 is 9.00 Å². The zero-order valence-electron chi connectivity index (χ0n) is 9.80. The van der Waals surface area contributed by atoms with Crippen LogP contribution in [0.1, 0.15) is 38.5 Å². The first-order valence-electron chi connectivity index (χ1n) is 6.13. The van der Waals surface area contributed by atoms with Gasteiger partial charge in [0.2, 0.25) is 0 Å². The molecule has 0 aliphatic heterocycles. The molecule has 3 nitrogen and oxygen atoms in total. The van der Waals surface area contributed by atoms with Gasteiger partial charge in [-0.2, -0.15) is 0 Å². The fraction of sp³-hybridized carbons (Fsp3) is 0.538. The lowest BCUT2D eigenvalue weighted by molar-refractivity contribution is -0.119. The molecule has 4 heteroatoms. The van der Waals surface area contributed by atoms with Gasteiger partial charge in [0, 0.05) is 12.6 Å². The molecule has 1 aromatic rings. The first kappa shape index (κ1) is 12.4. The molecule has 92 valence electrons. The SMILES string of the molecule is O=C1CCCCCCC1S(=O)c1ccccn1. The van der Waals surface area contributed by atoms with Gasteiger partial charge in [-0.25, -0.2) is 4.98 Å². The van der Waals surface area contributed by atoms with Crippen molar-refractivity contribution in [3.63, 3.8) is 0 Å². The van der Waals surface area contributed by atoms with Gasteiger partial charge in [0.1, 0.15) is 10.8 Å². The van der Waals surface area contributed by atoms with Gasteiger partial charge in [-0.15, -0.1) is 0 Å².